The summed E-state index contributed by atoms with van der Waals surface area (Å²) in [5, 5.41) is 3.09. The summed E-state index contributed by atoms with van der Waals surface area (Å²) in [5.74, 6) is -1.11. The normalized spacial score (nSPS) is 13.5. The van der Waals surface area contributed by atoms with Gasteiger partial charge in [-0.05, 0) is 46.2 Å². The Kier molecular flexibility index (Phi) is 7.49. The quantitative estimate of drug-likeness (QED) is 0.595. The van der Waals surface area contributed by atoms with Crippen LogP contribution in [0, 0.1) is 0 Å². The molecule has 1 amide bonds. The molecule has 0 saturated carbocycles. The van der Waals surface area contributed by atoms with Crippen molar-refractivity contribution < 1.29 is 19.1 Å². The molecule has 1 aromatic rings. The first kappa shape index (κ1) is 21.0. The molecule has 1 unspecified atom stereocenters. The van der Waals surface area contributed by atoms with E-state index in [1.165, 1.54) is 0 Å². The lowest BCUT2D eigenvalue weighted by Gasteiger charge is -2.29. The van der Waals surface area contributed by atoms with Crippen molar-refractivity contribution >= 4 is 23.7 Å². The maximum Gasteiger partial charge on any atom is 0.408 e. The van der Waals surface area contributed by atoms with Crippen molar-refractivity contribution in [3.05, 3.63) is 47.0 Å². The van der Waals surface area contributed by atoms with E-state index in [9.17, 15) is 9.59 Å². The van der Waals surface area contributed by atoms with E-state index in [1.54, 1.807) is 52.8 Å². The van der Waals surface area contributed by atoms with Gasteiger partial charge >= 0.3 is 12.1 Å². The van der Waals surface area contributed by atoms with E-state index < -0.39 is 29.6 Å². The van der Waals surface area contributed by atoms with Gasteiger partial charge in [-0.1, -0.05) is 42.0 Å². The number of rotatable bonds is 6. The fourth-order valence-corrected chi connectivity index (χ4v) is 2.66. The van der Waals surface area contributed by atoms with Crippen molar-refractivity contribution in [2.45, 2.75) is 52.2 Å². The Morgan fingerprint density at radius 2 is 1.88 bits per heavy atom. The molecule has 25 heavy (non-hydrogen) atoms. The highest BCUT2D eigenvalue weighted by Crippen LogP contribution is 2.32. The van der Waals surface area contributed by atoms with Crippen molar-refractivity contribution in [3.63, 3.8) is 0 Å². The third-order valence-electron chi connectivity index (χ3n) is 3.32. The van der Waals surface area contributed by atoms with Gasteiger partial charge in [0.1, 0.15) is 11.6 Å². The number of nitrogens with one attached hydrogen (secondary N) is 1. The number of hydrogen-bond acceptors (Lipinski definition) is 4. The third kappa shape index (κ3) is 6.42. The SMILES string of the molecule is C=C(C)C(c1ccccc1Cl)[C@H](NC(=O)OC(C)(C)C)C(=O)OCC. The van der Waals surface area contributed by atoms with Gasteiger partial charge < -0.3 is 14.8 Å². The highest BCUT2D eigenvalue weighted by Gasteiger charge is 2.35. The molecule has 0 fully saturated rings. The van der Waals surface area contributed by atoms with Crippen LogP contribution < -0.4 is 5.32 Å². The van der Waals surface area contributed by atoms with E-state index in [1.807, 2.05) is 6.07 Å². The maximum atomic E-state index is 12.5. The molecule has 0 bridgehead atoms. The first-order chi connectivity index (χ1) is 11.6. The average Bonchev–Trinajstić information content (AvgIpc) is 2.46. The summed E-state index contributed by atoms with van der Waals surface area (Å²) in [7, 11) is 0. The molecule has 0 aliphatic carbocycles. The predicted molar refractivity (Wildman–Crippen MR) is 98.8 cm³/mol. The lowest BCUT2D eigenvalue weighted by atomic mass is 9.86. The molecule has 1 N–H and O–H groups in total. The number of halogens is 1. The van der Waals surface area contributed by atoms with Gasteiger partial charge in [-0.25, -0.2) is 9.59 Å². The Balaban J connectivity index is 3.23. The number of benzene rings is 1. The summed E-state index contributed by atoms with van der Waals surface area (Å²) < 4.78 is 10.4. The maximum absolute atomic E-state index is 12.5. The van der Waals surface area contributed by atoms with Gasteiger partial charge in [0.15, 0.2) is 0 Å². The summed E-state index contributed by atoms with van der Waals surface area (Å²) in [6.07, 6.45) is -0.705. The zero-order chi connectivity index (χ0) is 19.2. The van der Waals surface area contributed by atoms with Crippen molar-refractivity contribution in [3.8, 4) is 0 Å². The molecule has 5 nitrogen and oxygen atoms in total. The van der Waals surface area contributed by atoms with Crippen LogP contribution in [0.1, 0.15) is 46.1 Å². The van der Waals surface area contributed by atoms with Gasteiger partial charge in [0.2, 0.25) is 0 Å². The zero-order valence-electron chi connectivity index (χ0n) is 15.4. The molecule has 0 radical (unpaired) electrons. The summed E-state index contributed by atoms with van der Waals surface area (Å²) in [6.45, 7) is 12.9. The number of amides is 1. The summed E-state index contributed by atoms with van der Waals surface area (Å²) >= 11 is 6.29. The highest BCUT2D eigenvalue weighted by atomic mass is 35.5. The molecule has 0 aliphatic heterocycles. The fraction of sp³-hybridized carbons (Fsp3) is 0.474. The fourth-order valence-electron chi connectivity index (χ4n) is 2.40. The smallest absolute Gasteiger partial charge is 0.408 e. The molecule has 2 atom stereocenters. The minimum absolute atomic E-state index is 0.191. The Labute approximate surface area is 154 Å². The van der Waals surface area contributed by atoms with Crippen molar-refractivity contribution in [2.75, 3.05) is 6.61 Å². The Hall–Kier alpha value is -2.01. The standard InChI is InChI=1S/C19H26ClNO4/c1-7-24-17(22)16(21-18(23)25-19(4,5)6)15(12(2)3)13-10-8-9-11-14(13)20/h8-11,15-16H,2,7H2,1,3-6H3,(H,21,23)/t15?,16-/m0/s1. The first-order valence-electron chi connectivity index (χ1n) is 8.12. The Bertz CT molecular complexity index is 637. The van der Waals surface area contributed by atoms with Crippen molar-refractivity contribution in [1.82, 2.24) is 5.32 Å². The second kappa shape index (κ2) is 8.90. The second-order valence-corrected chi connectivity index (χ2v) is 7.13. The second-order valence-electron chi connectivity index (χ2n) is 6.72. The molecule has 1 rings (SSSR count). The third-order valence-corrected chi connectivity index (χ3v) is 3.66. The lowest BCUT2D eigenvalue weighted by molar-refractivity contribution is -0.146. The molecule has 1 aromatic carbocycles. The van der Waals surface area contributed by atoms with Crippen LogP contribution in [-0.2, 0) is 14.3 Å². The van der Waals surface area contributed by atoms with Crippen molar-refractivity contribution in [2.24, 2.45) is 0 Å². The molecule has 0 aliphatic rings. The number of hydrogen-bond donors (Lipinski definition) is 1. The van der Waals surface area contributed by atoms with Gasteiger partial charge in [-0.3, -0.25) is 0 Å². The topological polar surface area (TPSA) is 64.6 Å². The van der Waals surface area contributed by atoms with Gasteiger partial charge in [0.05, 0.1) is 6.61 Å². The van der Waals surface area contributed by atoms with Crippen LogP contribution in [0.5, 0.6) is 0 Å². The van der Waals surface area contributed by atoms with Gasteiger partial charge in [-0.2, -0.15) is 0 Å². The molecular formula is C19H26ClNO4. The number of esters is 1. The molecule has 0 heterocycles. The average molecular weight is 368 g/mol. The number of carbonyl (C=O) groups is 2. The van der Waals surface area contributed by atoms with E-state index in [2.05, 4.69) is 11.9 Å². The predicted octanol–water partition coefficient (Wildman–Crippen LogP) is 4.46. The van der Waals surface area contributed by atoms with Crippen LogP contribution in [0.3, 0.4) is 0 Å². The lowest BCUT2D eigenvalue weighted by Crippen LogP contribution is -2.48. The zero-order valence-corrected chi connectivity index (χ0v) is 16.1. The minimum atomic E-state index is -0.993. The number of alkyl carbamates (subject to hydrolysis) is 1. The van der Waals surface area contributed by atoms with Crippen LogP contribution >= 0.6 is 11.6 Å². The monoisotopic (exact) mass is 367 g/mol. The molecule has 0 aromatic heterocycles. The van der Waals surface area contributed by atoms with Crippen LogP contribution in [0.15, 0.2) is 36.4 Å². The first-order valence-corrected chi connectivity index (χ1v) is 8.50. The molecule has 0 saturated heterocycles. The van der Waals surface area contributed by atoms with Gasteiger partial charge in [0, 0.05) is 10.9 Å². The highest BCUT2D eigenvalue weighted by molar-refractivity contribution is 6.31. The largest absolute Gasteiger partial charge is 0.464 e. The summed E-state index contributed by atoms with van der Waals surface area (Å²) in [5.41, 5.74) is 0.667. The van der Waals surface area contributed by atoms with E-state index >= 15 is 0 Å². The summed E-state index contributed by atoms with van der Waals surface area (Å²) in [6, 6.07) is 6.13. The molecular weight excluding hydrogens is 342 g/mol. The molecule has 138 valence electrons. The Morgan fingerprint density at radius 1 is 1.28 bits per heavy atom. The van der Waals surface area contributed by atoms with Crippen molar-refractivity contribution in [1.29, 1.82) is 0 Å². The molecule has 0 spiro atoms. The minimum Gasteiger partial charge on any atom is -0.464 e. The van der Waals surface area contributed by atoms with E-state index in [4.69, 9.17) is 21.1 Å². The number of carbonyl (C=O) groups excluding carboxylic acids is 2. The van der Waals surface area contributed by atoms with Crippen LogP contribution in [0.2, 0.25) is 5.02 Å². The van der Waals surface area contributed by atoms with Crippen LogP contribution in [-0.4, -0.2) is 30.3 Å². The van der Waals surface area contributed by atoms with Crippen LogP contribution in [0.25, 0.3) is 0 Å². The van der Waals surface area contributed by atoms with Crippen LogP contribution in [0.4, 0.5) is 4.79 Å². The molecule has 6 heteroatoms. The van der Waals surface area contributed by atoms with E-state index in [0.717, 1.165) is 0 Å². The number of ether oxygens (including phenoxy) is 2. The van der Waals surface area contributed by atoms with Gasteiger partial charge in [0.25, 0.3) is 0 Å². The summed E-state index contributed by atoms with van der Waals surface area (Å²) in [4.78, 5) is 24.7. The van der Waals surface area contributed by atoms with E-state index in [-0.39, 0.29) is 6.61 Å². The van der Waals surface area contributed by atoms with Gasteiger partial charge in [-0.15, -0.1) is 0 Å². The van der Waals surface area contributed by atoms with E-state index in [0.29, 0.717) is 16.2 Å². The Morgan fingerprint density at radius 3 is 2.36 bits per heavy atom.